The van der Waals surface area contributed by atoms with Gasteiger partial charge in [0.2, 0.25) is 5.56 Å². The summed E-state index contributed by atoms with van der Waals surface area (Å²) in [5.41, 5.74) is 0.741. The molecule has 1 aromatic carbocycles. The molecule has 0 radical (unpaired) electrons. The SMILES string of the molecule is O=C(OC1CCCCC1)c1cc(=O)[nH]c2ccccc12. The summed E-state index contributed by atoms with van der Waals surface area (Å²) in [5, 5.41) is 0.730. The number of pyridine rings is 1. The standard InChI is InChI=1S/C16H17NO3/c18-15-10-13(12-8-4-5-9-14(12)17-15)16(19)20-11-6-2-1-3-7-11/h4-5,8-11H,1-3,6-7H2,(H,17,18). The van der Waals surface area contributed by atoms with Gasteiger partial charge in [-0.25, -0.2) is 4.79 Å². The van der Waals surface area contributed by atoms with Gasteiger partial charge in [0.25, 0.3) is 0 Å². The van der Waals surface area contributed by atoms with Gasteiger partial charge < -0.3 is 9.72 Å². The molecule has 0 saturated heterocycles. The number of nitrogens with one attached hydrogen (secondary N) is 1. The highest BCUT2D eigenvalue weighted by Crippen LogP contribution is 2.23. The number of rotatable bonds is 2. The van der Waals surface area contributed by atoms with Crippen molar-refractivity contribution in [2.45, 2.75) is 38.2 Å². The van der Waals surface area contributed by atoms with E-state index in [-0.39, 0.29) is 17.6 Å². The van der Waals surface area contributed by atoms with E-state index in [4.69, 9.17) is 4.74 Å². The molecule has 1 aromatic heterocycles. The fourth-order valence-electron chi connectivity index (χ4n) is 2.77. The first-order chi connectivity index (χ1) is 9.74. The summed E-state index contributed by atoms with van der Waals surface area (Å²) in [6, 6.07) is 8.61. The molecule has 4 nitrogen and oxygen atoms in total. The first kappa shape index (κ1) is 12.9. The van der Waals surface area contributed by atoms with E-state index in [0.29, 0.717) is 11.1 Å². The number of aromatic nitrogens is 1. The van der Waals surface area contributed by atoms with Crippen LogP contribution in [0.5, 0.6) is 0 Å². The third kappa shape index (κ3) is 2.59. The van der Waals surface area contributed by atoms with Gasteiger partial charge in [-0.05, 0) is 31.7 Å². The zero-order valence-corrected chi connectivity index (χ0v) is 11.2. The van der Waals surface area contributed by atoms with Crippen LogP contribution in [0.3, 0.4) is 0 Å². The highest BCUT2D eigenvalue weighted by molar-refractivity contribution is 6.03. The van der Waals surface area contributed by atoms with Crippen molar-refractivity contribution in [2.24, 2.45) is 0 Å². The Labute approximate surface area is 116 Å². The number of ether oxygens (including phenoxy) is 1. The monoisotopic (exact) mass is 271 g/mol. The molecule has 0 unspecified atom stereocenters. The summed E-state index contributed by atoms with van der Waals surface area (Å²) in [4.78, 5) is 26.7. The van der Waals surface area contributed by atoms with Crippen molar-refractivity contribution in [1.82, 2.24) is 4.98 Å². The van der Waals surface area contributed by atoms with Crippen LogP contribution in [0, 0.1) is 0 Å². The summed E-state index contributed by atoms with van der Waals surface area (Å²) in [6.07, 6.45) is 5.26. The number of fused-ring (bicyclic) bond motifs is 1. The molecule has 2 aromatic rings. The maximum atomic E-state index is 12.3. The molecule has 1 heterocycles. The Morgan fingerprint density at radius 3 is 2.70 bits per heavy atom. The third-order valence-electron chi connectivity index (χ3n) is 3.80. The molecule has 4 heteroatoms. The Balaban J connectivity index is 1.92. The van der Waals surface area contributed by atoms with Crippen molar-refractivity contribution in [2.75, 3.05) is 0 Å². The zero-order valence-electron chi connectivity index (χ0n) is 11.2. The van der Waals surface area contributed by atoms with E-state index < -0.39 is 0 Å². The maximum Gasteiger partial charge on any atom is 0.339 e. The van der Waals surface area contributed by atoms with E-state index in [1.165, 1.54) is 12.5 Å². The Morgan fingerprint density at radius 1 is 1.15 bits per heavy atom. The summed E-state index contributed by atoms with van der Waals surface area (Å²) in [6.45, 7) is 0. The molecule has 0 aliphatic heterocycles. The van der Waals surface area contributed by atoms with E-state index in [0.717, 1.165) is 31.1 Å². The van der Waals surface area contributed by atoms with Gasteiger partial charge in [0.1, 0.15) is 6.10 Å². The minimum Gasteiger partial charge on any atom is -0.459 e. The topological polar surface area (TPSA) is 59.2 Å². The fourth-order valence-corrected chi connectivity index (χ4v) is 2.77. The highest BCUT2D eigenvalue weighted by atomic mass is 16.5. The van der Waals surface area contributed by atoms with Crippen LogP contribution < -0.4 is 5.56 Å². The smallest absolute Gasteiger partial charge is 0.339 e. The van der Waals surface area contributed by atoms with E-state index in [1.807, 2.05) is 18.2 Å². The van der Waals surface area contributed by atoms with Crippen LogP contribution in [0.4, 0.5) is 0 Å². The Bertz CT molecular complexity index is 683. The van der Waals surface area contributed by atoms with E-state index >= 15 is 0 Å². The number of esters is 1. The van der Waals surface area contributed by atoms with Crippen LogP contribution in [-0.4, -0.2) is 17.1 Å². The predicted octanol–water partition coefficient (Wildman–Crippen LogP) is 3.02. The molecule has 1 N–H and O–H groups in total. The number of benzene rings is 1. The van der Waals surface area contributed by atoms with Crippen molar-refractivity contribution in [3.8, 4) is 0 Å². The number of hydrogen-bond donors (Lipinski definition) is 1. The number of H-pyrrole nitrogens is 1. The molecule has 20 heavy (non-hydrogen) atoms. The number of para-hydroxylation sites is 1. The van der Waals surface area contributed by atoms with Gasteiger partial charge in [0, 0.05) is 17.0 Å². The van der Waals surface area contributed by atoms with Crippen molar-refractivity contribution in [1.29, 1.82) is 0 Å². The van der Waals surface area contributed by atoms with Crippen LogP contribution >= 0.6 is 0 Å². The minimum absolute atomic E-state index is 0.00528. The second kappa shape index (κ2) is 5.49. The molecule has 3 rings (SSSR count). The maximum absolute atomic E-state index is 12.3. The zero-order chi connectivity index (χ0) is 13.9. The lowest BCUT2D eigenvalue weighted by Gasteiger charge is -2.22. The molecule has 1 saturated carbocycles. The highest BCUT2D eigenvalue weighted by Gasteiger charge is 2.20. The first-order valence-electron chi connectivity index (χ1n) is 7.07. The third-order valence-corrected chi connectivity index (χ3v) is 3.80. The molecule has 1 aliphatic rings. The minimum atomic E-state index is -0.390. The second-order valence-corrected chi connectivity index (χ2v) is 5.26. The molecule has 0 atom stereocenters. The van der Waals surface area contributed by atoms with Crippen molar-refractivity contribution in [3.63, 3.8) is 0 Å². The van der Waals surface area contributed by atoms with Crippen LogP contribution in [-0.2, 0) is 4.74 Å². The van der Waals surface area contributed by atoms with Crippen molar-refractivity contribution >= 4 is 16.9 Å². The lowest BCUT2D eigenvalue weighted by molar-refractivity contribution is 0.0213. The van der Waals surface area contributed by atoms with Crippen LogP contribution in [0.25, 0.3) is 10.9 Å². The lowest BCUT2D eigenvalue weighted by Crippen LogP contribution is -2.22. The van der Waals surface area contributed by atoms with E-state index in [2.05, 4.69) is 4.98 Å². The van der Waals surface area contributed by atoms with Gasteiger partial charge in [-0.15, -0.1) is 0 Å². The second-order valence-electron chi connectivity index (χ2n) is 5.26. The van der Waals surface area contributed by atoms with Gasteiger partial charge in [-0.2, -0.15) is 0 Å². The lowest BCUT2D eigenvalue weighted by atomic mass is 9.98. The van der Waals surface area contributed by atoms with Gasteiger partial charge in [-0.3, -0.25) is 4.79 Å². The molecule has 0 spiro atoms. The van der Waals surface area contributed by atoms with Gasteiger partial charge in [0.15, 0.2) is 0 Å². The van der Waals surface area contributed by atoms with Crippen LogP contribution in [0.2, 0.25) is 0 Å². The average molecular weight is 271 g/mol. The number of carbonyl (C=O) groups is 1. The molecular formula is C16H17NO3. The molecule has 1 fully saturated rings. The summed E-state index contributed by atoms with van der Waals surface area (Å²) < 4.78 is 5.55. The average Bonchev–Trinajstić information content (AvgIpc) is 2.47. The van der Waals surface area contributed by atoms with Crippen molar-refractivity contribution < 1.29 is 9.53 Å². The van der Waals surface area contributed by atoms with Gasteiger partial charge in [-0.1, -0.05) is 24.6 Å². The van der Waals surface area contributed by atoms with Gasteiger partial charge >= 0.3 is 5.97 Å². The number of hydrogen-bond acceptors (Lipinski definition) is 3. The number of carbonyl (C=O) groups excluding carboxylic acids is 1. The quantitative estimate of drug-likeness (QED) is 0.854. The normalized spacial score (nSPS) is 16.2. The molecule has 0 amide bonds. The number of aromatic amines is 1. The first-order valence-corrected chi connectivity index (χ1v) is 7.07. The molecule has 104 valence electrons. The van der Waals surface area contributed by atoms with Gasteiger partial charge in [0.05, 0.1) is 5.56 Å². The molecule has 0 bridgehead atoms. The summed E-state index contributed by atoms with van der Waals surface area (Å²) in [5.74, 6) is -0.390. The predicted molar refractivity (Wildman–Crippen MR) is 76.9 cm³/mol. The summed E-state index contributed by atoms with van der Waals surface area (Å²) >= 11 is 0. The van der Waals surface area contributed by atoms with Crippen molar-refractivity contribution in [3.05, 3.63) is 46.2 Å². The Kier molecular flexibility index (Phi) is 3.54. The Morgan fingerprint density at radius 2 is 1.90 bits per heavy atom. The molecular weight excluding hydrogens is 254 g/mol. The van der Waals surface area contributed by atoms with E-state index in [1.54, 1.807) is 6.07 Å². The Hall–Kier alpha value is -2.10. The fraction of sp³-hybridized carbons (Fsp3) is 0.375. The largest absolute Gasteiger partial charge is 0.459 e. The van der Waals surface area contributed by atoms with E-state index in [9.17, 15) is 9.59 Å². The van der Waals surface area contributed by atoms with Crippen LogP contribution in [0.15, 0.2) is 35.1 Å². The van der Waals surface area contributed by atoms with Crippen LogP contribution in [0.1, 0.15) is 42.5 Å². The summed E-state index contributed by atoms with van der Waals surface area (Å²) in [7, 11) is 0. The molecule has 1 aliphatic carbocycles.